The third kappa shape index (κ3) is 4.00. The maximum Gasteiger partial charge on any atom is 0.333 e. The van der Waals surface area contributed by atoms with Crippen LogP contribution in [0, 0.1) is 18.7 Å². The van der Waals surface area contributed by atoms with Crippen molar-refractivity contribution in [2.75, 3.05) is 16.0 Å². The summed E-state index contributed by atoms with van der Waals surface area (Å²) in [6.45, 7) is 1.78. The van der Waals surface area contributed by atoms with Crippen LogP contribution in [0.2, 0.25) is 0 Å². The molecular weight excluding hydrogens is 437 g/mol. The number of fused-ring (bicyclic) bond motifs is 1. The number of hydrogen-bond acceptors (Lipinski definition) is 5. The Kier molecular flexibility index (Phi) is 5.31. The van der Waals surface area contributed by atoms with E-state index in [1.54, 1.807) is 55.9 Å². The van der Waals surface area contributed by atoms with Crippen molar-refractivity contribution >= 4 is 41.1 Å². The standard InChI is InChI=1S/C24H22FN7O2/c1-14-12-16(8-9-18(14)29-24(34)30-19-5-3-2-4-17(19)25)28-23(33)22-31-21(15-6-7-15)20-13-27-10-11-32(20,22)26/h2-5,8-13,15H,6-7,26H2,1H3,(H2-,27,28,29,30,31,33,34)/p+1. The Balaban J connectivity index is 1.28. The Morgan fingerprint density at radius 1 is 1.09 bits per heavy atom. The van der Waals surface area contributed by atoms with Crippen LogP contribution in [0.25, 0.3) is 0 Å². The van der Waals surface area contributed by atoms with Gasteiger partial charge in [-0.25, -0.2) is 9.18 Å². The molecule has 2 aliphatic heterocycles. The number of anilines is 3. The first-order valence-corrected chi connectivity index (χ1v) is 10.8. The number of aryl methyl sites for hydroxylation is 1. The van der Waals surface area contributed by atoms with E-state index in [0.717, 1.165) is 18.5 Å². The summed E-state index contributed by atoms with van der Waals surface area (Å²) < 4.78 is 13.4. The first-order chi connectivity index (χ1) is 16.3. The van der Waals surface area contributed by atoms with Crippen molar-refractivity contribution in [3.63, 3.8) is 0 Å². The van der Waals surface area contributed by atoms with Crippen LogP contribution in [0.3, 0.4) is 0 Å². The number of nitrogens with zero attached hydrogens (tertiary/aromatic N) is 3. The second-order valence-electron chi connectivity index (χ2n) is 8.38. The average molecular weight is 460 g/mol. The van der Waals surface area contributed by atoms with Crippen molar-refractivity contribution in [3.05, 3.63) is 77.6 Å². The maximum atomic E-state index is 13.8. The van der Waals surface area contributed by atoms with E-state index in [-0.39, 0.29) is 16.1 Å². The molecule has 1 aliphatic carbocycles. The number of quaternary nitrogens is 1. The number of urea groups is 1. The molecule has 10 heteroatoms. The van der Waals surface area contributed by atoms with Crippen molar-refractivity contribution < 1.29 is 18.6 Å². The molecular formula is C24H23FN7O2+. The molecule has 0 bridgehead atoms. The molecule has 2 aromatic carbocycles. The van der Waals surface area contributed by atoms with Gasteiger partial charge in [-0.1, -0.05) is 12.1 Å². The molecule has 5 rings (SSSR count). The van der Waals surface area contributed by atoms with E-state index >= 15 is 0 Å². The number of halogens is 1. The topological polar surface area (TPSA) is 121 Å². The highest BCUT2D eigenvalue weighted by Gasteiger charge is 2.50. The first-order valence-electron chi connectivity index (χ1n) is 10.8. The lowest BCUT2D eigenvalue weighted by molar-refractivity contribution is -0.749. The van der Waals surface area contributed by atoms with Gasteiger partial charge in [0.15, 0.2) is 0 Å². The number of nitrogens with two attached hydrogens (primary N) is 1. The number of para-hydroxylation sites is 1. The third-order valence-electron chi connectivity index (χ3n) is 5.84. The van der Waals surface area contributed by atoms with E-state index in [1.807, 2.05) is 0 Å². The van der Waals surface area contributed by atoms with Crippen molar-refractivity contribution in [1.29, 1.82) is 0 Å². The third-order valence-corrected chi connectivity index (χ3v) is 5.84. The quantitative estimate of drug-likeness (QED) is 0.399. The lowest BCUT2D eigenvalue weighted by atomic mass is 10.1. The second kappa shape index (κ2) is 8.32. The molecule has 0 saturated heterocycles. The van der Waals surface area contributed by atoms with Gasteiger partial charge in [-0.05, 0) is 55.7 Å². The molecule has 3 aliphatic rings. The maximum absolute atomic E-state index is 13.8. The van der Waals surface area contributed by atoms with Crippen molar-refractivity contribution in [1.82, 2.24) is 0 Å². The minimum Gasteiger partial charge on any atom is -0.316 e. The minimum atomic E-state index is -0.579. The van der Waals surface area contributed by atoms with Crippen LogP contribution in [0.5, 0.6) is 0 Å². The first kappa shape index (κ1) is 21.7. The molecule has 0 aromatic heterocycles. The molecule has 172 valence electrons. The van der Waals surface area contributed by atoms with E-state index in [2.05, 4.69) is 25.9 Å². The summed E-state index contributed by atoms with van der Waals surface area (Å²) in [5.74, 6) is 6.06. The molecule has 1 unspecified atom stereocenters. The van der Waals surface area contributed by atoms with Crippen LogP contribution >= 0.6 is 0 Å². The van der Waals surface area contributed by atoms with Crippen LogP contribution in [-0.4, -0.2) is 28.6 Å². The van der Waals surface area contributed by atoms with E-state index in [1.165, 1.54) is 12.1 Å². The van der Waals surface area contributed by atoms with Crippen molar-refractivity contribution in [2.45, 2.75) is 19.8 Å². The van der Waals surface area contributed by atoms with Crippen molar-refractivity contribution in [2.24, 2.45) is 21.7 Å². The van der Waals surface area contributed by atoms with Crippen LogP contribution in [0.1, 0.15) is 18.4 Å². The van der Waals surface area contributed by atoms with Gasteiger partial charge in [-0.2, -0.15) is 10.8 Å². The Hall–Kier alpha value is -4.15. The van der Waals surface area contributed by atoms with Crippen molar-refractivity contribution in [3.8, 4) is 0 Å². The molecule has 1 atom stereocenters. The lowest BCUT2D eigenvalue weighted by Gasteiger charge is -2.25. The number of aliphatic imine (C=N–C) groups is 2. The molecule has 1 fully saturated rings. The number of carbonyl (C=O) groups excluding carboxylic acids is 2. The summed E-state index contributed by atoms with van der Waals surface area (Å²) in [6.07, 6.45) is 6.89. The fraction of sp³-hybridized carbons (Fsp3) is 0.167. The molecule has 0 spiro atoms. The van der Waals surface area contributed by atoms with E-state index in [4.69, 9.17) is 5.84 Å². The number of allylic oxidation sites excluding steroid dienone is 2. The minimum absolute atomic E-state index is 0.0769. The molecule has 9 nitrogen and oxygen atoms in total. The summed E-state index contributed by atoms with van der Waals surface area (Å²) in [7, 11) is 0. The Morgan fingerprint density at radius 3 is 2.59 bits per heavy atom. The molecule has 1 saturated carbocycles. The van der Waals surface area contributed by atoms with Gasteiger partial charge in [0.2, 0.25) is 5.70 Å². The monoisotopic (exact) mass is 460 g/mol. The highest BCUT2D eigenvalue weighted by atomic mass is 19.1. The van der Waals surface area contributed by atoms with Gasteiger partial charge in [0, 0.05) is 17.3 Å². The van der Waals surface area contributed by atoms with E-state index in [0.29, 0.717) is 28.6 Å². The van der Waals surface area contributed by atoms with Crippen LogP contribution in [0.15, 0.2) is 76.2 Å². The lowest BCUT2D eigenvalue weighted by Crippen LogP contribution is -2.56. The molecule has 3 amide bonds. The van der Waals surface area contributed by atoms with Gasteiger partial charge in [-0.15, -0.1) is 4.59 Å². The van der Waals surface area contributed by atoms with Crippen LogP contribution in [0.4, 0.5) is 26.2 Å². The van der Waals surface area contributed by atoms with Crippen LogP contribution < -0.4 is 21.8 Å². The Bertz CT molecular complexity index is 1330. The molecule has 2 aromatic rings. The number of amides is 3. The predicted octanol–water partition coefficient (Wildman–Crippen LogP) is 4.00. The van der Waals surface area contributed by atoms with Crippen LogP contribution in [-0.2, 0) is 4.79 Å². The summed E-state index contributed by atoms with van der Waals surface area (Å²) in [4.78, 5) is 34.1. The highest BCUT2D eigenvalue weighted by Crippen LogP contribution is 2.43. The summed E-state index contributed by atoms with van der Waals surface area (Å²) in [5.41, 5.74) is 3.35. The number of hydrogen-bond donors (Lipinski definition) is 4. The summed E-state index contributed by atoms with van der Waals surface area (Å²) >= 11 is 0. The van der Waals surface area contributed by atoms with E-state index in [9.17, 15) is 14.0 Å². The van der Waals surface area contributed by atoms with E-state index < -0.39 is 17.8 Å². The zero-order chi connectivity index (χ0) is 23.9. The number of amidine groups is 1. The smallest absolute Gasteiger partial charge is 0.316 e. The van der Waals surface area contributed by atoms with Gasteiger partial charge in [0.25, 0.3) is 0 Å². The second-order valence-corrected chi connectivity index (χ2v) is 8.38. The van der Waals surface area contributed by atoms with Gasteiger partial charge in [0.1, 0.15) is 17.7 Å². The SMILES string of the molecule is Cc1cc(NC(=O)C2=NC(C3CC3)=C3C=NC=C[N+]23N)ccc1NC(=O)Nc1ccccc1F. The van der Waals surface area contributed by atoms with Gasteiger partial charge in [0.05, 0.1) is 18.1 Å². The Labute approximate surface area is 195 Å². The normalized spacial score (nSPS) is 20.6. The van der Waals surface area contributed by atoms with Gasteiger partial charge in [-0.3, -0.25) is 9.79 Å². The number of nitrogens with one attached hydrogen (secondary N) is 3. The number of rotatable bonds is 5. The average Bonchev–Trinajstić information content (AvgIpc) is 3.59. The number of benzene rings is 2. The molecule has 0 radical (unpaired) electrons. The highest BCUT2D eigenvalue weighted by molar-refractivity contribution is 6.40. The summed E-state index contributed by atoms with van der Waals surface area (Å²) in [6, 6.07) is 10.4. The zero-order valence-corrected chi connectivity index (χ0v) is 18.4. The fourth-order valence-electron chi connectivity index (χ4n) is 3.91. The number of carbonyl (C=O) groups is 2. The largest absolute Gasteiger partial charge is 0.333 e. The molecule has 5 N–H and O–H groups in total. The molecule has 2 heterocycles. The molecule has 34 heavy (non-hydrogen) atoms. The zero-order valence-electron chi connectivity index (χ0n) is 18.4. The summed E-state index contributed by atoms with van der Waals surface area (Å²) in [5, 5.41) is 8.00. The Morgan fingerprint density at radius 2 is 1.85 bits per heavy atom. The van der Waals surface area contributed by atoms with Gasteiger partial charge >= 0.3 is 17.8 Å². The predicted molar refractivity (Wildman–Crippen MR) is 128 cm³/mol. The van der Waals surface area contributed by atoms with Gasteiger partial charge < -0.3 is 16.0 Å². The fourth-order valence-corrected chi connectivity index (χ4v) is 3.91.